The topological polar surface area (TPSA) is 72.8 Å². The summed E-state index contributed by atoms with van der Waals surface area (Å²) in [5, 5.41) is 22.0. The summed E-state index contributed by atoms with van der Waals surface area (Å²) in [5.74, 6) is 2.09. The van der Waals surface area contributed by atoms with Crippen LogP contribution in [0.3, 0.4) is 0 Å². The molecule has 2 fully saturated rings. The maximum Gasteiger partial charge on any atom is 0.224 e. The molecule has 0 aromatic rings. The van der Waals surface area contributed by atoms with Crippen LogP contribution in [0, 0.1) is 0 Å². The van der Waals surface area contributed by atoms with E-state index in [4.69, 9.17) is 0 Å². The van der Waals surface area contributed by atoms with E-state index in [0.717, 1.165) is 18.1 Å². The minimum Gasteiger partial charge on any atom is -0.388 e. The van der Waals surface area contributed by atoms with Crippen LogP contribution in [0.4, 0.5) is 0 Å². The number of hydrogen-bond donors (Lipinski definition) is 3. The smallest absolute Gasteiger partial charge is 0.224 e. The van der Waals surface area contributed by atoms with Gasteiger partial charge in [0, 0.05) is 43.6 Å². The van der Waals surface area contributed by atoms with Gasteiger partial charge in [0.15, 0.2) is 0 Å². The average molecular weight is 246 g/mol. The second-order valence-electron chi connectivity index (χ2n) is 4.36. The third-order valence-corrected chi connectivity index (χ3v) is 4.16. The van der Waals surface area contributed by atoms with Crippen LogP contribution in [0.5, 0.6) is 0 Å². The number of rotatable bonds is 2. The van der Waals surface area contributed by atoms with Crippen molar-refractivity contribution in [2.75, 3.05) is 31.1 Å². The van der Waals surface area contributed by atoms with Crippen molar-refractivity contribution in [3.63, 3.8) is 0 Å². The van der Waals surface area contributed by atoms with Crippen LogP contribution < -0.4 is 5.32 Å². The van der Waals surface area contributed by atoms with Crippen LogP contribution >= 0.6 is 11.8 Å². The lowest BCUT2D eigenvalue weighted by Crippen LogP contribution is -2.42. The average Bonchev–Trinajstić information content (AvgIpc) is 2.61. The Bertz CT molecular complexity index is 248. The Balaban J connectivity index is 1.79. The molecule has 2 aliphatic heterocycles. The number of nitrogens with one attached hydrogen (secondary N) is 1. The van der Waals surface area contributed by atoms with Crippen LogP contribution in [0.1, 0.15) is 6.42 Å². The van der Waals surface area contributed by atoms with Crippen LogP contribution in [0.25, 0.3) is 0 Å². The Hall–Kier alpha value is -0.300. The number of aliphatic hydroxyl groups excluding tert-OH is 2. The summed E-state index contributed by atoms with van der Waals surface area (Å²) in [6.07, 6.45) is -1.10. The third-order valence-electron chi connectivity index (χ3n) is 3.03. The fourth-order valence-corrected chi connectivity index (χ4v) is 3.01. The first-order valence-electron chi connectivity index (χ1n) is 5.62. The standard InChI is InChI=1S/C10H18N2O3S/c13-8-4-12(5-9(8)14)10(15)3-7-6-16-2-1-11-7/h7-9,11,13-14H,1-6H2/t7?,8-,9+. The number of carbonyl (C=O) groups excluding carboxylic acids is 1. The normalized spacial score (nSPS) is 35.4. The second-order valence-corrected chi connectivity index (χ2v) is 5.51. The van der Waals surface area contributed by atoms with E-state index in [1.54, 1.807) is 4.90 Å². The molecule has 16 heavy (non-hydrogen) atoms. The van der Waals surface area contributed by atoms with Crippen molar-refractivity contribution in [2.45, 2.75) is 24.7 Å². The summed E-state index contributed by atoms with van der Waals surface area (Å²) in [7, 11) is 0. The molecule has 6 heteroatoms. The quantitative estimate of drug-likeness (QED) is 0.561. The van der Waals surface area contributed by atoms with Crippen molar-refractivity contribution >= 4 is 17.7 Å². The zero-order chi connectivity index (χ0) is 11.5. The molecule has 5 nitrogen and oxygen atoms in total. The predicted octanol–water partition coefficient (Wildman–Crippen LogP) is -1.35. The highest BCUT2D eigenvalue weighted by atomic mass is 32.2. The lowest BCUT2D eigenvalue weighted by molar-refractivity contribution is -0.131. The van der Waals surface area contributed by atoms with Crippen LogP contribution in [0.15, 0.2) is 0 Å². The Labute approximate surface area is 99.2 Å². The van der Waals surface area contributed by atoms with Gasteiger partial charge in [-0.1, -0.05) is 0 Å². The molecule has 0 spiro atoms. The van der Waals surface area contributed by atoms with Gasteiger partial charge in [0.2, 0.25) is 5.91 Å². The Kier molecular flexibility index (Phi) is 4.07. The molecule has 1 amide bonds. The number of thioether (sulfide) groups is 1. The molecule has 0 saturated carbocycles. The number of nitrogens with zero attached hydrogens (tertiary/aromatic N) is 1. The Morgan fingerprint density at radius 2 is 2.06 bits per heavy atom. The molecule has 0 radical (unpaired) electrons. The zero-order valence-electron chi connectivity index (χ0n) is 9.13. The van der Waals surface area contributed by atoms with E-state index in [-0.39, 0.29) is 25.0 Å². The number of amides is 1. The second kappa shape index (κ2) is 5.35. The molecule has 2 saturated heterocycles. The molecule has 2 rings (SSSR count). The summed E-state index contributed by atoms with van der Waals surface area (Å²) in [6.45, 7) is 1.48. The van der Waals surface area contributed by atoms with Crippen LogP contribution in [-0.2, 0) is 4.79 Å². The first-order chi connectivity index (χ1) is 7.66. The minimum atomic E-state index is -0.780. The Morgan fingerprint density at radius 1 is 1.38 bits per heavy atom. The highest BCUT2D eigenvalue weighted by Crippen LogP contribution is 2.15. The number of β-amino-alcohol motifs (C(OH)–C–C–N with tert-alkyl or cyclic N) is 2. The largest absolute Gasteiger partial charge is 0.388 e. The molecule has 2 aliphatic rings. The molecule has 0 bridgehead atoms. The number of aliphatic hydroxyl groups is 2. The van der Waals surface area contributed by atoms with Crippen LogP contribution in [0.2, 0.25) is 0 Å². The first kappa shape index (κ1) is 12.2. The van der Waals surface area contributed by atoms with Gasteiger partial charge in [0.05, 0.1) is 12.2 Å². The van der Waals surface area contributed by atoms with E-state index >= 15 is 0 Å². The van der Waals surface area contributed by atoms with Crippen molar-refractivity contribution in [3.8, 4) is 0 Å². The summed E-state index contributed by atoms with van der Waals surface area (Å²) < 4.78 is 0. The summed E-state index contributed by atoms with van der Waals surface area (Å²) in [6, 6.07) is 0.237. The minimum absolute atomic E-state index is 0.0237. The molecule has 92 valence electrons. The molecule has 2 heterocycles. The third kappa shape index (κ3) is 2.88. The molecule has 0 aromatic carbocycles. The van der Waals surface area contributed by atoms with Crippen molar-refractivity contribution in [1.29, 1.82) is 0 Å². The molecule has 3 N–H and O–H groups in total. The van der Waals surface area contributed by atoms with E-state index in [0.29, 0.717) is 6.42 Å². The fraction of sp³-hybridized carbons (Fsp3) is 0.900. The van der Waals surface area contributed by atoms with E-state index in [1.165, 1.54) is 0 Å². The first-order valence-corrected chi connectivity index (χ1v) is 6.77. The molecule has 0 aliphatic carbocycles. The SMILES string of the molecule is O=C(CC1CSCCN1)N1C[C@@H](O)[C@@H](O)C1. The van der Waals surface area contributed by atoms with Gasteiger partial charge in [-0.3, -0.25) is 4.79 Å². The van der Waals surface area contributed by atoms with Gasteiger partial charge in [0.1, 0.15) is 0 Å². The number of hydrogen-bond acceptors (Lipinski definition) is 5. The number of carbonyl (C=O) groups is 1. The van der Waals surface area contributed by atoms with Gasteiger partial charge in [-0.05, 0) is 0 Å². The van der Waals surface area contributed by atoms with Crippen LogP contribution in [-0.4, -0.2) is 70.4 Å². The van der Waals surface area contributed by atoms with E-state index in [9.17, 15) is 15.0 Å². The lowest BCUT2D eigenvalue weighted by Gasteiger charge is -2.25. The highest BCUT2D eigenvalue weighted by Gasteiger charge is 2.33. The summed E-state index contributed by atoms with van der Waals surface area (Å²) in [4.78, 5) is 13.4. The van der Waals surface area contributed by atoms with Gasteiger partial charge in [-0.15, -0.1) is 0 Å². The zero-order valence-corrected chi connectivity index (χ0v) is 9.95. The van der Waals surface area contributed by atoms with Crippen molar-refractivity contribution < 1.29 is 15.0 Å². The molecular formula is C10H18N2O3S. The van der Waals surface area contributed by atoms with Gasteiger partial charge >= 0.3 is 0 Å². The number of likely N-dealkylation sites (tertiary alicyclic amines) is 1. The van der Waals surface area contributed by atoms with Crippen molar-refractivity contribution in [1.82, 2.24) is 10.2 Å². The molecular weight excluding hydrogens is 228 g/mol. The van der Waals surface area contributed by atoms with Gasteiger partial charge < -0.3 is 20.4 Å². The van der Waals surface area contributed by atoms with E-state index in [1.807, 2.05) is 11.8 Å². The van der Waals surface area contributed by atoms with Gasteiger partial charge in [-0.2, -0.15) is 11.8 Å². The van der Waals surface area contributed by atoms with E-state index in [2.05, 4.69) is 5.32 Å². The highest BCUT2D eigenvalue weighted by molar-refractivity contribution is 7.99. The molecule has 3 atom stereocenters. The summed E-state index contributed by atoms with van der Waals surface area (Å²) in [5.41, 5.74) is 0. The van der Waals surface area contributed by atoms with Crippen molar-refractivity contribution in [3.05, 3.63) is 0 Å². The predicted molar refractivity (Wildman–Crippen MR) is 62.3 cm³/mol. The maximum absolute atomic E-state index is 11.9. The molecule has 0 aromatic heterocycles. The summed E-state index contributed by atoms with van der Waals surface area (Å²) >= 11 is 1.86. The Morgan fingerprint density at radius 3 is 2.62 bits per heavy atom. The monoisotopic (exact) mass is 246 g/mol. The van der Waals surface area contributed by atoms with Crippen molar-refractivity contribution in [2.24, 2.45) is 0 Å². The maximum atomic E-state index is 11.9. The lowest BCUT2D eigenvalue weighted by atomic mass is 10.2. The van der Waals surface area contributed by atoms with Gasteiger partial charge in [-0.25, -0.2) is 0 Å². The van der Waals surface area contributed by atoms with E-state index < -0.39 is 12.2 Å². The fourth-order valence-electron chi connectivity index (χ4n) is 2.06. The molecule has 1 unspecified atom stereocenters. The van der Waals surface area contributed by atoms with Gasteiger partial charge in [0.25, 0.3) is 0 Å².